The van der Waals surface area contributed by atoms with Crippen LogP contribution in [0.5, 0.6) is 5.75 Å². The number of rotatable bonds is 3. The average molecular weight is 275 g/mol. The maximum atomic E-state index is 6.67. The number of hydrogen-bond donors (Lipinski definition) is 1. The standard InChI is InChI=1S/C18H29NO/c1-12-11-16(20-5)13(2)10-14(12)17(19)15-8-6-7-9-18(15,3)4/h10-11,15,17H,6-9,19H2,1-5H3. The zero-order valence-corrected chi connectivity index (χ0v) is 13.6. The predicted octanol–water partition coefficient (Wildman–Crippen LogP) is 4.53. The van der Waals surface area contributed by atoms with Crippen molar-refractivity contribution in [3.8, 4) is 5.75 Å². The van der Waals surface area contributed by atoms with Gasteiger partial charge < -0.3 is 10.5 Å². The first-order chi connectivity index (χ1) is 9.36. The van der Waals surface area contributed by atoms with Crippen molar-refractivity contribution in [1.82, 2.24) is 0 Å². The fourth-order valence-electron chi connectivity index (χ4n) is 3.79. The van der Waals surface area contributed by atoms with Gasteiger partial charge in [-0.25, -0.2) is 0 Å². The van der Waals surface area contributed by atoms with Crippen molar-refractivity contribution < 1.29 is 4.74 Å². The molecule has 2 N–H and O–H groups in total. The van der Waals surface area contributed by atoms with E-state index in [0.29, 0.717) is 11.3 Å². The second kappa shape index (κ2) is 5.77. The minimum atomic E-state index is 0.134. The molecule has 1 aromatic rings. The maximum Gasteiger partial charge on any atom is 0.122 e. The summed E-state index contributed by atoms with van der Waals surface area (Å²) in [5, 5.41) is 0. The Balaban J connectivity index is 2.33. The van der Waals surface area contributed by atoms with Crippen LogP contribution in [0.15, 0.2) is 12.1 Å². The number of hydrogen-bond acceptors (Lipinski definition) is 2. The predicted molar refractivity (Wildman–Crippen MR) is 85.1 cm³/mol. The molecular weight excluding hydrogens is 246 g/mol. The molecule has 0 amide bonds. The topological polar surface area (TPSA) is 35.2 Å². The molecule has 1 fully saturated rings. The van der Waals surface area contributed by atoms with Gasteiger partial charge in [0.25, 0.3) is 0 Å². The highest BCUT2D eigenvalue weighted by atomic mass is 16.5. The van der Waals surface area contributed by atoms with Gasteiger partial charge in [0.2, 0.25) is 0 Å². The van der Waals surface area contributed by atoms with Crippen molar-refractivity contribution in [2.24, 2.45) is 17.1 Å². The molecule has 0 bridgehead atoms. The summed E-state index contributed by atoms with van der Waals surface area (Å²) in [5.74, 6) is 1.53. The highest BCUT2D eigenvalue weighted by molar-refractivity contribution is 5.43. The van der Waals surface area contributed by atoms with Crippen LogP contribution in [0.2, 0.25) is 0 Å². The SMILES string of the molecule is COc1cc(C)c(C(N)C2CCCCC2(C)C)cc1C. The van der Waals surface area contributed by atoms with Crippen molar-refractivity contribution >= 4 is 0 Å². The van der Waals surface area contributed by atoms with Crippen molar-refractivity contribution in [2.75, 3.05) is 7.11 Å². The fourth-order valence-corrected chi connectivity index (χ4v) is 3.79. The van der Waals surface area contributed by atoms with E-state index in [0.717, 1.165) is 5.75 Å². The van der Waals surface area contributed by atoms with Crippen molar-refractivity contribution in [1.29, 1.82) is 0 Å². The number of methoxy groups -OCH3 is 1. The molecule has 0 heterocycles. The second-order valence-corrected chi connectivity index (χ2v) is 7.05. The molecule has 1 aliphatic carbocycles. The highest BCUT2D eigenvalue weighted by Crippen LogP contribution is 2.46. The molecule has 112 valence electrons. The van der Waals surface area contributed by atoms with Crippen molar-refractivity contribution in [3.05, 3.63) is 28.8 Å². The molecule has 0 aliphatic heterocycles. The number of ether oxygens (including phenoxy) is 1. The van der Waals surface area contributed by atoms with Crippen LogP contribution < -0.4 is 10.5 Å². The van der Waals surface area contributed by atoms with Crippen molar-refractivity contribution in [3.63, 3.8) is 0 Å². The van der Waals surface area contributed by atoms with E-state index in [9.17, 15) is 0 Å². The molecule has 2 nitrogen and oxygen atoms in total. The molecule has 2 heteroatoms. The Bertz CT molecular complexity index is 479. The van der Waals surface area contributed by atoms with Crippen LogP contribution in [0, 0.1) is 25.2 Å². The molecule has 0 saturated heterocycles. The molecule has 0 radical (unpaired) electrons. The lowest BCUT2D eigenvalue weighted by Crippen LogP contribution is -2.36. The lowest BCUT2D eigenvalue weighted by Gasteiger charge is -2.42. The summed E-state index contributed by atoms with van der Waals surface area (Å²) in [6.45, 7) is 9.00. The van der Waals surface area contributed by atoms with E-state index in [4.69, 9.17) is 10.5 Å². The maximum absolute atomic E-state index is 6.67. The minimum Gasteiger partial charge on any atom is -0.496 e. The Morgan fingerprint density at radius 3 is 2.50 bits per heavy atom. The monoisotopic (exact) mass is 275 g/mol. The average Bonchev–Trinajstić information content (AvgIpc) is 2.39. The van der Waals surface area contributed by atoms with Crippen molar-refractivity contribution in [2.45, 2.75) is 59.4 Å². The quantitative estimate of drug-likeness (QED) is 0.879. The molecule has 20 heavy (non-hydrogen) atoms. The summed E-state index contributed by atoms with van der Waals surface area (Å²) in [6, 6.07) is 4.49. The van der Waals surface area contributed by atoms with E-state index in [1.165, 1.54) is 42.4 Å². The Hall–Kier alpha value is -1.02. The largest absolute Gasteiger partial charge is 0.496 e. The van der Waals surface area contributed by atoms with Gasteiger partial charge in [-0.05, 0) is 60.8 Å². The molecule has 2 atom stereocenters. The lowest BCUT2D eigenvalue weighted by atomic mass is 9.64. The Labute approximate surface area is 123 Å². The molecule has 1 aliphatic rings. The first-order valence-electron chi connectivity index (χ1n) is 7.77. The third kappa shape index (κ3) is 2.85. The van der Waals surface area contributed by atoms with Gasteiger partial charge in [-0.15, -0.1) is 0 Å². The van der Waals surface area contributed by atoms with Gasteiger partial charge in [0, 0.05) is 6.04 Å². The van der Waals surface area contributed by atoms with Crippen LogP contribution >= 0.6 is 0 Å². The van der Waals surface area contributed by atoms with Gasteiger partial charge in [0.05, 0.1) is 7.11 Å². The third-order valence-corrected chi connectivity index (χ3v) is 5.17. The van der Waals surface area contributed by atoms with E-state index in [2.05, 4.69) is 39.8 Å². The molecule has 2 unspecified atom stereocenters. The summed E-state index contributed by atoms with van der Waals surface area (Å²) in [5.41, 5.74) is 10.7. The minimum absolute atomic E-state index is 0.134. The lowest BCUT2D eigenvalue weighted by molar-refractivity contribution is 0.112. The summed E-state index contributed by atoms with van der Waals surface area (Å²) in [4.78, 5) is 0. The van der Waals surface area contributed by atoms with Crippen LogP contribution in [0.25, 0.3) is 0 Å². The molecule has 2 rings (SSSR count). The Morgan fingerprint density at radius 1 is 1.20 bits per heavy atom. The van der Waals surface area contributed by atoms with E-state index >= 15 is 0 Å². The summed E-state index contributed by atoms with van der Waals surface area (Å²) in [7, 11) is 1.73. The van der Waals surface area contributed by atoms with Gasteiger partial charge in [-0.1, -0.05) is 32.8 Å². The van der Waals surface area contributed by atoms with Gasteiger partial charge in [-0.3, -0.25) is 0 Å². The van der Waals surface area contributed by atoms with Crippen LogP contribution in [0.1, 0.15) is 62.3 Å². The molecular formula is C18H29NO. The summed E-state index contributed by atoms with van der Waals surface area (Å²) < 4.78 is 5.41. The van der Waals surface area contributed by atoms with Crippen LogP contribution in [0.4, 0.5) is 0 Å². The van der Waals surface area contributed by atoms with E-state index < -0.39 is 0 Å². The van der Waals surface area contributed by atoms with E-state index in [1.54, 1.807) is 7.11 Å². The first-order valence-corrected chi connectivity index (χ1v) is 7.77. The Morgan fingerprint density at radius 2 is 1.90 bits per heavy atom. The van der Waals surface area contributed by atoms with Gasteiger partial charge >= 0.3 is 0 Å². The van der Waals surface area contributed by atoms with E-state index in [1.807, 2.05) is 0 Å². The third-order valence-electron chi connectivity index (χ3n) is 5.17. The Kier molecular flexibility index (Phi) is 4.43. The molecule has 0 spiro atoms. The first kappa shape index (κ1) is 15.4. The number of aryl methyl sites for hydroxylation is 2. The second-order valence-electron chi connectivity index (χ2n) is 7.05. The van der Waals surface area contributed by atoms with Crippen LogP contribution in [0.3, 0.4) is 0 Å². The fraction of sp³-hybridized carbons (Fsp3) is 0.667. The van der Waals surface area contributed by atoms with Gasteiger partial charge in [-0.2, -0.15) is 0 Å². The smallest absolute Gasteiger partial charge is 0.122 e. The number of nitrogens with two attached hydrogens (primary N) is 1. The zero-order valence-electron chi connectivity index (χ0n) is 13.6. The summed E-state index contributed by atoms with van der Waals surface area (Å²) >= 11 is 0. The van der Waals surface area contributed by atoms with Gasteiger partial charge in [0.15, 0.2) is 0 Å². The normalized spacial score (nSPS) is 23.4. The zero-order chi connectivity index (χ0) is 14.9. The van der Waals surface area contributed by atoms with Gasteiger partial charge in [0.1, 0.15) is 5.75 Å². The van der Waals surface area contributed by atoms with E-state index in [-0.39, 0.29) is 6.04 Å². The van der Waals surface area contributed by atoms with Crippen LogP contribution in [-0.2, 0) is 0 Å². The molecule has 0 aromatic heterocycles. The molecule has 1 saturated carbocycles. The van der Waals surface area contributed by atoms with Crippen LogP contribution in [-0.4, -0.2) is 7.11 Å². The highest BCUT2D eigenvalue weighted by Gasteiger charge is 2.37. The molecule has 1 aromatic carbocycles. The summed E-state index contributed by atoms with van der Waals surface area (Å²) in [6.07, 6.45) is 5.20. The number of benzene rings is 1.